The summed E-state index contributed by atoms with van der Waals surface area (Å²) in [6, 6.07) is 10.3. The molecular formula is C19H21N4O4-. The molecule has 1 unspecified atom stereocenters. The summed E-state index contributed by atoms with van der Waals surface area (Å²) in [5, 5.41) is 21.9. The first-order valence-corrected chi connectivity index (χ1v) is 8.27. The van der Waals surface area contributed by atoms with Gasteiger partial charge in [-0.1, -0.05) is 13.0 Å². The molecule has 0 spiro atoms. The van der Waals surface area contributed by atoms with Crippen molar-refractivity contribution in [3.8, 4) is 5.75 Å². The van der Waals surface area contributed by atoms with E-state index in [2.05, 4.69) is 5.32 Å². The summed E-state index contributed by atoms with van der Waals surface area (Å²) < 4.78 is 5.35. The number of ether oxygens (including phenoxy) is 1. The Labute approximate surface area is 156 Å². The highest BCUT2D eigenvalue weighted by Crippen LogP contribution is 2.26. The first kappa shape index (κ1) is 19.8. The summed E-state index contributed by atoms with van der Waals surface area (Å²) in [6.45, 7) is 1.63. The maximum atomic E-state index is 11.7. The number of aryl methyl sites for hydroxylation is 1. The van der Waals surface area contributed by atoms with Crippen molar-refractivity contribution in [1.82, 2.24) is 0 Å². The van der Waals surface area contributed by atoms with Crippen LogP contribution in [0, 0.1) is 5.41 Å². The number of anilines is 1. The van der Waals surface area contributed by atoms with Crippen LogP contribution in [0.3, 0.4) is 0 Å². The van der Waals surface area contributed by atoms with Crippen molar-refractivity contribution < 1.29 is 19.4 Å². The second-order valence-electron chi connectivity index (χ2n) is 5.86. The largest absolute Gasteiger partial charge is 0.548 e. The van der Waals surface area contributed by atoms with Crippen LogP contribution < -0.4 is 26.6 Å². The number of amides is 1. The minimum Gasteiger partial charge on any atom is -0.548 e. The third kappa shape index (κ3) is 5.21. The summed E-state index contributed by atoms with van der Waals surface area (Å²) in [7, 11) is 0. The second-order valence-corrected chi connectivity index (χ2v) is 5.86. The first-order valence-electron chi connectivity index (χ1n) is 8.27. The fraction of sp³-hybridized carbons (Fsp3) is 0.211. The molecule has 8 nitrogen and oxygen atoms in total. The van der Waals surface area contributed by atoms with Gasteiger partial charge in [0, 0.05) is 11.3 Å². The van der Waals surface area contributed by atoms with Crippen LogP contribution in [0.4, 0.5) is 5.69 Å². The highest BCUT2D eigenvalue weighted by atomic mass is 16.5. The lowest BCUT2D eigenvalue weighted by Crippen LogP contribution is -2.34. The number of carbonyl (C=O) groups is 2. The van der Waals surface area contributed by atoms with Gasteiger partial charge in [-0.2, -0.15) is 0 Å². The number of hydrogen-bond donors (Lipinski definition) is 4. The summed E-state index contributed by atoms with van der Waals surface area (Å²) in [5.41, 5.74) is 12.8. The topological polar surface area (TPSA) is 154 Å². The fourth-order valence-electron chi connectivity index (χ4n) is 2.54. The number of carbonyl (C=O) groups excluding carboxylic acids is 2. The average Bonchev–Trinajstić information content (AvgIpc) is 2.64. The lowest BCUT2D eigenvalue weighted by Gasteiger charge is -2.23. The molecule has 1 amide bonds. The van der Waals surface area contributed by atoms with Gasteiger partial charge in [0.15, 0.2) is 6.61 Å². The summed E-state index contributed by atoms with van der Waals surface area (Å²) in [5.74, 6) is -1.48. The van der Waals surface area contributed by atoms with E-state index in [4.69, 9.17) is 21.6 Å². The van der Waals surface area contributed by atoms with Crippen molar-refractivity contribution in [3.05, 3.63) is 59.2 Å². The molecule has 0 saturated heterocycles. The number of carboxylic acid groups (broad SMARTS) is 1. The van der Waals surface area contributed by atoms with E-state index in [-0.39, 0.29) is 12.4 Å². The molecular weight excluding hydrogens is 348 g/mol. The van der Waals surface area contributed by atoms with Gasteiger partial charge in [-0.05, 0) is 53.9 Å². The molecule has 1 atom stereocenters. The van der Waals surface area contributed by atoms with Gasteiger partial charge in [0.1, 0.15) is 11.6 Å². The molecule has 0 aliphatic carbocycles. The van der Waals surface area contributed by atoms with Gasteiger partial charge in [0.25, 0.3) is 5.91 Å². The first-order chi connectivity index (χ1) is 12.8. The third-order valence-electron chi connectivity index (χ3n) is 3.91. The minimum absolute atomic E-state index is 0.0721. The van der Waals surface area contributed by atoms with E-state index in [1.165, 1.54) is 0 Å². The van der Waals surface area contributed by atoms with Crippen molar-refractivity contribution in [1.29, 1.82) is 5.41 Å². The zero-order valence-electron chi connectivity index (χ0n) is 14.8. The fourth-order valence-corrected chi connectivity index (χ4v) is 2.54. The molecule has 6 N–H and O–H groups in total. The molecule has 8 heteroatoms. The standard InChI is InChI=1S/C19H22N4O4/c1-2-11-9-13(5-8-15(11)27-10-16(20)24)17(19(25)26)23-14-6-3-12(4-7-14)18(21)22/h3-9,17,23H,2,10H2,1H3,(H2,20,24)(H3,21,22)(H,25,26)/p-1. The van der Waals surface area contributed by atoms with E-state index in [0.29, 0.717) is 29.0 Å². The normalized spacial score (nSPS) is 11.4. The van der Waals surface area contributed by atoms with Crippen LogP contribution in [0.15, 0.2) is 42.5 Å². The van der Waals surface area contributed by atoms with E-state index in [1.807, 2.05) is 6.92 Å². The molecule has 0 aliphatic rings. The van der Waals surface area contributed by atoms with Crippen LogP contribution >= 0.6 is 0 Å². The van der Waals surface area contributed by atoms with E-state index >= 15 is 0 Å². The summed E-state index contributed by atoms with van der Waals surface area (Å²) in [6.07, 6.45) is 0.578. The van der Waals surface area contributed by atoms with Crippen molar-refractivity contribution in [2.24, 2.45) is 11.5 Å². The number of carboxylic acids is 1. The number of hydrogen-bond acceptors (Lipinski definition) is 6. The quantitative estimate of drug-likeness (QED) is 0.368. The molecule has 2 aromatic rings. The monoisotopic (exact) mass is 369 g/mol. The van der Waals surface area contributed by atoms with Crippen LogP contribution in [0.25, 0.3) is 0 Å². The van der Waals surface area contributed by atoms with E-state index < -0.39 is 17.9 Å². The van der Waals surface area contributed by atoms with Crippen LogP contribution in [-0.4, -0.2) is 24.3 Å². The lowest BCUT2D eigenvalue weighted by molar-refractivity contribution is -0.307. The third-order valence-corrected chi connectivity index (χ3v) is 3.91. The maximum Gasteiger partial charge on any atom is 0.255 e. The highest BCUT2D eigenvalue weighted by Gasteiger charge is 2.15. The molecule has 0 bridgehead atoms. The number of nitrogens with two attached hydrogens (primary N) is 2. The van der Waals surface area contributed by atoms with Crippen molar-refractivity contribution in [2.75, 3.05) is 11.9 Å². The average molecular weight is 369 g/mol. The van der Waals surface area contributed by atoms with E-state index in [0.717, 1.165) is 5.56 Å². The number of rotatable bonds is 9. The minimum atomic E-state index is -1.29. The SMILES string of the molecule is CCc1cc(C(Nc2ccc(C(=N)N)cc2)C(=O)[O-])ccc1OCC(N)=O. The lowest BCUT2D eigenvalue weighted by atomic mass is 10.0. The predicted molar refractivity (Wildman–Crippen MR) is 99.3 cm³/mol. The van der Waals surface area contributed by atoms with Gasteiger partial charge in [-0.15, -0.1) is 0 Å². The molecule has 0 saturated carbocycles. The zero-order chi connectivity index (χ0) is 20.0. The molecule has 0 heterocycles. The number of amidine groups is 1. The second kappa shape index (κ2) is 8.70. The van der Waals surface area contributed by atoms with E-state index in [9.17, 15) is 14.7 Å². The summed E-state index contributed by atoms with van der Waals surface area (Å²) >= 11 is 0. The van der Waals surface area contributed by atoms with Crippen LogP contribution in [-0.2, 0) is 16.0 Å². The van der Waals surface area contributed by atoms with Crippen LogP contribution in [0.2, 0.25) is 0 Å². The van der Waals surface area contributed by atoms with Gasteiger partial charge in [-0.3, -0.25) is 10.2 Å². The van der Waals surface area contributed by atoms with Gasteiger partial charge in [0.05, 0.1) is 12.0 Å². The number of nitrogen functional groups attached to an aromatic ring is 1. The maximum absolute atomic E-state index is 11.7. The molecule has 0 radical (unpaired) electrons. The van der Waals surface area contributed by atoms with E-state index in [1.54, 1.807) is 42.5 Å². The van der Waals surface area contributed by atoms with Gasteiger partial charge in [-0.25, -0.2) is 0 Å². The Balaban J connectivity index is 2.26. The molecule has 0 fully saturated rings. The Morgan fingerprint density at radius 2 is 1.85 bits per heavy atom. The Bertz CT molecular complexity index is 849. The van der Waals surface area contributed by atoms with Gasteiger partial charge >= 0.3 is 0 Å². The Hall–Kier alpha value is -3.55. The predicted octanol–water partition coefficient (Wildman–Crippen LogP) is 0.300. The zero-order valence-corrected chi connectivity index (χ0v) is 14.8. The smallest absolute Gasteiger partial charge is 0.255 e. The number of primary amides is 1. The molecule has 27 heavy (non-hydrogen) atoms. The van der Waals surface area contributed by atoms with Crippen LogP contribution in [0.5, 0.6) is 5.75 Å². The Kier molecular flexibility index (Phi) is 6.37. The molecule has 142 valence electrons. The van der Waals surface area contributed by atoms with Crippen molar-refractivity contribution in [3.63, 3.8) is 0 Å². The Morgan fingerprint density at radius 1 is 1.19 bits per heavy atom. The highest BCUT2D eigenvalue weighted by molar-refractivity contribution is 5.95. The molecule has 0 aliphatic heterocycles. The van der Waals surface area contributed by atoms with Crippen molar-refractivity contribution in [2.45, 2.75) is 19.4 Å². The van der Waals surface area contributed by atoms with Crippen LogP contribution in [0.1, 0.15) is 29.7 Å². The number of nitrogens with one attached hydrogen (secondary N) is 2. The molecule has 0 aromatic heterocycles. The Morgan fingerprint density at radius 3 is 2.37 bits per heavy atom. The number of benzene rings is 2. The van der Waals surface area contributed by atoms with Gasteiger partial charge in [0.2, 0.25) is 0 Å². The summed E-state index contributed by atoms with van der Waals surface area (Å²) in [4.78, 5) is 22.5. The number of aliphatic carboxylic acids is 1. The molecule has 2 rings (SSSR count). The van der Waals surface area contributed by atoms with Gasteiger partial charge < -0.3 is 31.4 Å². The van der Waals surface area contributed by atoms with Crippen molar-refractivity contribution >= 4 is 23.4 Å². The molecule has 2 aromatic carbocycles.